The van der Waals surface area contributed by atoms with E-state index in [4.69, 9.17) is 4.74 Å². The number of hydrogen-bond acceptors (Lipinski definition) is 6. The van der Waals surface area contributed by atoms with Gasteiger partial charge in [-0.25, -0.2) is 8.42 Å². The Morgan fingerprint density at radius 1 is 1.26 bits per heavy atom. The van der Waals surface area contributed by atoms with Crippen LogP contribution >= 0.6 is 0 Å². The van der Waals surface area contributed by atoms with E-state index in [1.807, 2.05) is 20.8 Å². The molecule has 0 saturated heterocycles. The summed E-state index contributed by atoms with van der Waals surface area (Å²) in [6.45, 7) is 7.57. The third-order valence-corrected chi connectivity index (χ3v) is 7.92. The number of fused-ring (bicyclic) bond motifs is 1. The summed E-state index contributed by atoms with van der Waals surface area (Å²) in [4.78, 5) is 18.5. The fraction of sp³-hybridized carbons (Fsp3) is 0.462. The molecule has 0 spiro atoms. The van der Waals surface area contributed by atoms with Crippen LogP contribution in [-0.2, 0) is 10.0 Å². The number of carbonyl (C=O) groups is 1. The third-order valence-electron chi connectivity index (χ3n) is 5.90. The van der Waals surface area contributed by atoms with Gasteiger partial charge in [-0.3, -0.25) is 9.78 Å². The molecule has 2 heterocycles. The molecule has 1 aliphatic heterocycles. The largest absolute Gasteiger partial charge is 0.487 e. The Hall–Kier alpha value is -2.93. The summed E-state index contributed by atoms with van der Waals surface area (Å²) in [6, 6.07) is 7.48. The molecule has 0 fully saturated rings. The second-order valence-electron chi connectivity index (χ2n) is 9.25. The van der Waals surface area contributed by atoms with Crippen molar-refractivity contribution in [2.45, 2.75) is 44.7 Å². The molecular formula is C26H33N3O5S. The highest BCUT2D eigenvalue weighted by molar-refractivity contribution is 7.89. The van der Waals surface area contributed by atoms with Crippen molar-refractivity contribution < 1.29 is 23.1 Å². The Morgan fingerprint density at radius 2 is 1.94 bits per heavy atom. The molecular weight excluding hydrogens is 466 g/mol. The first-order valence-electron chi connectivity index (χ1n) is 11.6. The Labute approximate surface area is 208 Å². The molecule has 0 radical (unpaired) electrons. The normalized spacial score (nSPS) is 20.4. The lowest BCUT2D eigenvalue weighted by Gasteiger charge is -2.37. The number of sulfonamides is 1. The van der Waals surface area contributed by atoms with Gasteiger partial charge in [0.15, 0.2) is 0 Å². The van der Waals surface area contributed by atoms with E-state index in [9.17, 15) is 18.3 Å². The molecule has 1 aromatic carbocycles. The van der Waals surface area contributed by atoms with Crippen LogP contribution in [0.25, 0.3) is 0 Å². The SMILES string of the molecule is CC(C)C#Cc1ccc2c(c1)O[C@H](CN(C)C(=O)c1ccncc1)[C@@H](C)CN([C@@H](C)CO)S2(=O)=O. The van der Waals surface area contributed by atoms with Crippen molar-refractivity contribution in [1.82, 2.24) is 14.2 Å². The van der Waals surface area contributed by atoms with Gasteiger partial charge in [0, 0.05) is 55.0 Å². The van der Waals surface area contributed by atoms with Gasteiger partial charge in [0.1, 0.15) is 16.7 Å². The Balaban J connectivity index is 2.02. The van der Waals surface area contributed by atoms with Gasteiger partial charge in [-0.05, 0) is 37.3 Å². The van der Waals surface area contributed by atoms with Gasteiger partial charge in [0.05, 0.1) is 13.2 Å². The van der Waals surface area contributed by atoms with Crippen LogP contribution in [0.15, 0.2) is 47.6 Å². The van der Waals surface area contributed by atoms with E-state index in [1.54, 1.807) is 55.5 Å². The number of ether oxygens (including phenoxy) is 1. The monoisotopic (exact) mass is 499 g/mol. The van der Waals surface area contributed by atoms with Crippen molar-refractivity contribution in [1.29, 1.82) is 0 Å². The average molecular weight is 500 g/mol. The minimum absolute atomic E-state index is 0.0212. The maximum atomic E-state index is 13.6. The van der Waals surface area contributed by atoms with E-state index < -0.39 is 22.2 Å². The maximum absolute atomic E-state index is 13.6. The zero-order valence-corrected chi connectivity index (χ0v) is 21.6. The Morgan fingerprint density at radius 3 is 2.57 bits per heavy atom. The number of nitrogens with zero attached hydrogens (tertiary/aromatic N) is 3. The lowest BCUT2D eigenvalue weighted by Crippen LogP contribution is -2.50. The molecule has 2 aromatic rings. The topological polar surface area (TPSA) is 100 Å². The summed E-state index contributed by atoms with van der Waals surface area (Å²) in [5.41, 5.74) is 1.15. The summed E-state index contributed by atoms with van der Waals surface area (Å²) >= 11 is 0. The van der Waals surface area contributed by atoms with E-state index in [-0.39, 0.29) is 48.1 Å². The average Bonchev–Trinajstić information content (AvgIpc) is 2.84. The summed E-state index contributed by atoms with van der Waals surface area (Å²) in [7, 11) is -2.25. The molecule has 1 aromatic heterocycles. The maximum Gasteiger partial charge on any atom is 0.253 e. The molecule has 35 heavy (non-hydrogen) atoms. The molecule has 3 rings (SSSR count). The van der Waals surface area contributed by atoms with Crippen LogP contribution in [0.4, 0.5) is 0 Å². The summed E-state index contributed by atoms with van der Waals surface area (Å²) in [6.07, 6.45) is 2.62. The first kappa shape index (κ1) is 26.7. The lowest BCUT2D eigenvalue weighted by atomic mass is 10.0. The van der Waals surface area contributed by atoms with Crippen molar-refractivity contribution in [2.75, 3.05) is 26.7 Å². The predicted octanol–water partition coefficient (Wildman–Crippen LogP) is 2.63. The molecule has 0 bridgehead atoms. The van der Waals surface area contributed by atoms with Gasteiger partial charge >= 0.3 is 0 Å². The summed E-state index contributed by atoms with van der Waals surface area (Å²) in [5, 5.41) is 9.78. The zero-order chi connectivity index (χ0) is 25.8. The lowest BCUT2D eigenvalue weighted by molar-refractivity contribution is 0.0563. The van der Waals surface area contributed by atoms with E-state index >= 15 is 0 Å². The van der Waals surface area contributed by atoms with Crippen molar-refractivity contribution in [3.63, 3.8) is 0 Å². The summed E-state index contributed by atoms with van der Waals surface area (Å²) in [5.74, 6) is 6.03. The van der Waals surface area contributed by atoms with Crippen LogP contribution in [0.1, 0.15) is 43.6 Å². The van der Waals surface area contributed by atoms with E-state index in [0.29, 0.717) is 11.1 Å². The molecule has 1 aliphatic rings. The van der Waals surface area contributed by atoms with Crippen molar-refractivity contribution >= 4 is 15.9 Å². The number of carbonyl (C=O) groups excluding carboxylic acids is 1. The van der Waals surface area contributed by atoms with Gasteiger partial charge in [-0.1, -0.05) is 32.6 Å². The fourth-order valence-electron chi connectivity index (χ4n) is 3.82. The van der Waals surface area contributed by atoms with Crippen molar-refractivity contribution in [3.05, 3.63) is 53.9 Å². The molecule has 0 unspecified atom stereocenters. The molecule has 0 saturated carbocycles. The van der Waals surface area contributed by atoms with Gasteiger partial charge in [-0.15, -0.1) is 0 Å². The van der Waals surface area contributed by atoms with Crippen molar-refractivity contribution in [2.24, 2.45) is 11.8 Å². The van der Waals surface area contributed by atoms with Crippen molar-refractivity contribution in [3.8, 4) is 17.6 Å². The molecule has 9 heteroatoms. The number of pyridine rings is 1. The molecule has 188 valence electrons. The third kappa shape index (κ3) is 6.20. The van der Waals surface area contributed by atoms with Crippen LogP contribution in [-0.4, -0.2) is 72.5 Å². The van der Waals surface area contributed by atoms with Crippen LogP contribution in [0.5, 0.6) is 5.75 Å². The highest BCUT2D eigenvalue weighted by Crippen LogP contribution is 2.34. The number of rotatable bonds is 5. The Bertz CT molecular complexity index is 1200. The number of aliphatic hydroxyl groups excluding tert-OH is 1. The van der Waals surface area contributed by atoms with Crippen LogP contribution in [0, 0.1) is 23.7 Å². The minimum atomic E-state index is -3.93. The van der Waals surface area contributed by atoms with Gasteiger partial charge in [0.25, 0.3) is 5.91 Å². The quantitative estimate of drug-likeness (QED) is 0.635. The van der Waals surface area contributed by atoms with Gasteiger partial charge in [-0.2, -0.15) is 4.31 Å². The van der Waals surface area contributed by atoms with Crippen LogP contribution < -0.4 is 4.74 Å². The smallest absolute Gasteiger partial charge is 0.253 e. The minimum Gasteiger partial charge on any atom is -0.487 e. The van der Waals surface area contributed by atoms with E-state index in [0.717, 1.165) is 0 Å². The second kappa shape index (κ2) is 11.2. The number of aromatic nitrogens is 1. The number of amides is 1. The molecule has 8 nitrogen and oxygen atoms in total. The molecule has 1 amide bonds. The second-order valence-corrected chi connectivity index (χ2v) is 11.1. The van der Waals surface area contributed by atoms with Gasteiger partial charge < -0.3 is 14.7 Å². The Kier molecular flexibility index (Phi) is 8.54. The first-order chi connectivity index (χ1) is 16.5. The highest BCUT2D eigenvalue weighted by atomic mass is 32.2. The van der Waals surface area contributed by atoms with E-state index in [1.165, 1.54) is 10.4 Å². The van der Waals surface area contributed by atoms with E-state index in [2.05, 4.69) is 16.8 Å². The van der Waals surface area contributed by atoms with Gasteiger partial charge in [0.2, 0.25) is 10.0 Å². The highest BCUT2D eigenvalue weighted by Gasteiger charge is 2.38. The number of likely N-dealkylation sites (N-methyl/N-ethyl adjacent to an activating group) is 1. The standard InChI is InChI=1S/C26H33N3O5S/c1-18(2)6-7-21-8-9-25-23(14-21)34-24(16-28(5)26(31)22-10-12-27-13-11-22)19(3)15-29(20(4)17-30)35(25,32)33/h8-14,18-20,24,30H,15-17H2,1-5H3/t19-,20-,24+/m0/s1. The zero-order valence-electron chi connectivity index (χ0n) is 20.8. The molecule has 1 N–H and O–H groups in total. The fourth-order valence-corrected chi connectivity index (χ4v) is 5.64. The number of hydrogen-bond donors (Lipinski definition) is 1. The number of aliphatic hydroxyl groups is 1. The molecule has 0 aliphatic carbocycles. The van der Waals surface area contributed by atoms with Crippen LogP contribution in [0.3, 0.4) is 0 Å². The number of benzene rings is 1. The summed E-state index contributed by atoms with van der Waals surface area (Å²) < 4.78 is 34.7. The first-order valence-corrected chi connectivity index (χ1v) is 13.1. The molecule has 3 atom stereocenters. The predicted molar refractivity (Wildman–Crippen MR) is 133 cm³/mol. The van der Waals surface area contributed by atoms with Crippen LogP contribution in [0.2, 0.25) is 0 Å².